The summed E-state index contributed by atoms with van der Waals surface area (Å²) in [4.78, 5) is 16.5. The molecule has 0 spiro atoms. The topological polar surface area (TPSA) is 59.8 Å². The van der Waals surface area contributed by atoms with Crippen LogP contribution in [-0.4, -0.2) is 26.7 Å². The highest BCUT2D eigenvalue weighted by atomic mass is 16.2. The quantitative estimate of drug-likeness (QED) is 0.946. The molecule has 2 aromatic rings. The van der Waals surface area contributed by atoms with Crippen LogP contribution in [0.2, 0.25) is 0 Å². The van der Waals surface area contributed by atoms with E-state index in [1.807, 2.05) is 31.2 Å². The molecule has 2 fully saturated rings. The Hall–Kier alpha value is -2.17. The molecule has 1 N–H and O–H groups in total. The summed E-state index contributed by atoms with van der Waals surface area (Å²) in [6.45, 7) is 2.02. The van der Waals surface area contributed by atoms with Gasteiger partial charge in [-0.2, -0.15) is 0 Å². The average molecular weight is 296 g/mol. The Balaban J connectivity index is 1.49. The van der Waals surface area contributed by atoms with E-state index >= 15 is 0 Å². The lowest BCUT2D eigenvalue weighted by Gasteiger charge is -2.22. The third-order valence-corrected chi connectivity index (χ3v) is 5.11. The third-order valence-electron chi connectivity index (χ3n) is 5.11. The fourth-order valence-electron chi connectivity index (χ4n) is 3.96. The van der Waals surface area contributed by atoms with E-state index in [4.69, 9.17) is 0 Å². The van der Waals surface area contributed by atoms with Crippen LogP contribution in [0.4, 0.5) is 0 Å². The summed E-state index contributed by atoms with van der Waals surface area (Å²) >= 11 is 0. The molecule has 1 heterocycles. The van der Waals surface area contributed by atoms with E-state index in [1.165, 1.54) is 19.3 Å². The molecule has 3 unspecified atom stereocenters. The fraction of sp³-hybridized carbons (Fsp3) is 0.471. The number of carbonyl (C=O) groups excluding carboxylic acids is 1. The molecular formula is C17H20N4O. The number of hydrogen-bond acceptors (Lipinski definition) is 3. The second-order valence-electron chi connectivity index (χ2n) is 6.55. The van der Waals surface area contributed by atoms with Crippen LogP contribution in [0, 0.1) is 18.8 Å². The van der Waals surface area contributed by atoms with Gasteiger partial charge in [0.25, 0.3) is 5.91 Å². The van der Waals surface area contributed by atoms with Crippen LogP contribution in [0.25, 0.3) is 5.69 Å². The minimum Gasteiger partial charge on any atom is -0.346 e. The molecule has 4 rings (SSSR count). The Morgan fingerprint density at radius 2 is 2.14 bits per heavy atom. The van der Waals surface area contributed by atoms with Crippen LogP contribution in [0.5, 0.6) is 0 Å². The zero-order chi connectivity index (χ0) is 15.1. The number of amides is 1. The zero-order valence-electron chi connectivity index (χ0n) is 12.7. The predicted molar refractivity (Wildman–Crippen MR) is 82.8 cm³/mol. The highest BCUT2D eigenvalue weighted by Crippen LogP contribution is 2.44. The van der Waals surface area contributed by atoms with Crippen molar-refractivity contribution in [2.45, 2.75) is 38.6 Å². The van der Waals surface area contributed by atoms with Gasteiger partial charge in [-0.05, 0) is 49.7 Å². The van der Waals surface area contributed by atoms with Gasteiger partial charge in [-0.1, -0.05) is 24.6 Å². The fourth-order valence-corrected chi connectivity index (χ4v) is 3.96. The third kappa shape index (κ3) is 2.30. The number of aromatic nitrogens is 3. The number of hydrogen-bond donors (Lipinski definition) is 1. The zero-order valence-corrected chi connectivity index (χ0v) is 12.7. The first-order valence-electron chi connectivity index (χ1n) is 7.99. The van der Waals surface area contributed by atoms with Crippen molar-refractivity contribution in [2.24, 2.45) is 11.8 Å². The normalized spacial score (nSPS) is 26.3. The molecule has 0 aliphatic heterocycles. The molecule has 1 amide bonds. The van der Waals surface area contributed by atoms with Crippen LogP contribution in [0.3, 0.4) is 0 Å². The predicted octanol–water partition coefficient (Wildman–Crippen LogP) is 2.49. The summed E-state index contributed by atoms with van der Waals surface area (Å²) in [6.07, 6.45) is 6.58. The molecule has 22 heavy (non-hydrogen) atoms. The van der Waals surface area contributed by atoms with Crippen molar-refractivity contribution in [1.82, 2.24) is 20.1 Å². The van der Waals surface area contributed by atoms with Crippen molar-refractivity contribution in [2.75, 3.05) is 0 Å². The molecule has 5 heteroatoms. The van der Waals surface area contributed by atoms with E-state index < -0.39 is 0 Å². The molecule has 3 atom stereocenters. The van der Waals surface area contributed by atoms with Crippen molar-refractivity contribution in [1.29, 1.82) is 0 Å². The molecule has 2 saturated carbocycles. The Morgan fingerprint density at radius 3 is 2.86 bits per heavy atom. The second kappa shape index (κ2) is 5.23. The largest absolute Gasteiger partial charge is 0.346 e. The number of benzene rings is 1. The number of nitrogens with zero attached hydrogens (tertiary/aromatic N) is 3. The summed E-state index contributed by atoms with van der Waals surface area (Å²) in [7, 11) is 0. The first-order chi connectivity index (χ1) is 10.7. The second-order valence-corrected chi connectivity index (χ2v) is 6.55. The smallest absolute Gasteiger partial charge is 0.291 e. The summed E-state index contributed by atoms with van der Waals surface area (Å²) in [5, 5.41) is 7.47. The van der Waals surface area contributed by atoms with Crippen LogP contribution in [0.1, 0.15) is 41.9 Å². The van der Waals surface area contributed by atoms with Gasteiger partial charge in [0, 0.05) is 6.04 Å². The maximum absolute atomic E-state index is 12.4. The maximum Gasteiger partial charge on any atom is 0.291 e. The lowest BCUT2D eigenvalue weighted by molar-refractivity contribution is 0.0912. The Labute approximate surface area is 129 Å². The van der Waals surface area contributed by atoms with Crippen molar-refractivity contribution in [3.8, 4) is 5.69 Å². The molecule has 0 radical (unpaired) electrons. The number of carbonyl (C=O) groups is 1. The molecule has 1 aromatic heterocycles. The van der Waals surface area contributed by atoms with Gasteiger partial charge in [0.15, 0.2) is 0 Å². The van der Waals surface area contributed by atoms with Gasteiger partial charge in [-0.3, -0.25) is 4.79 Å². The van der Waals surface area contributed by atoms with Crippen molar-refractivity contribution in [3.63, 3.8) is 0 Å². The molecule has 2 aliphatic carbocycles. The van der Waals surface area contributed by atoms with E-state index in [0.29, 0.717) is 12.0 Å². The van der Waals surface area contributed by atoms with E-state index in [1.54, 1.807) is 11.0 Å². The molecule has 2 aliphatic rings. The Kier molecular flexibility index (Phi) is 3.21. The van der Waals surface area contributed by atoms with Gasteiger partial charge in [0.05, 0.1) is 5.69 Å². The summed E-state index contributed by atoms with van der Waals surface area (Å²) in [6, 6.07) is 8.25. The number of fused-ring (bicyclic) bond motifs is 2. The summed E-state index contributed by atoms with van der Waals surface area (Å²) in [5.41, 5.74) is 2.06. The van der Waals surface area contributed by atoms with Gasteiger partial charge in [-0.15, -0.1) is 5.10 Å². The SMILES string of the molecule is Cc1ccccc1-n1cnc(C(=O)NC2CC3CCC2C3)n1. The standard InChI is InChI=1S/C17H20N4O/c1-11-4-2-3-5-15(11)21-10-18-16(20-21)17(22)19-14-9-12-6-7-13(14)8-12/h2-5,10,12-14H,6-9H2,1H3,(H,19,22). The van der Waals surface area contributed by atoms with E-state index in [0.717, 1.165) is 23.6 Å². The number of aryl methyl sites for hydroxylation is 1. The monoisotopic (exact) mass is 296 g/mol. The van der Waals surface area contributed by atoms with E-state index in [9.17, 15) is 4.79 Å². The first-order valence-corrected chi connectivity index (χ1v) is 7.99. The molecule has 2 bridgehead atoms. The summed E-state index contributed by atoms with van der Waals surface area (Å²) in [5.74, 6) is 1.58. The minimum absolute atomic E-state index is 0.148. The lowest BCUT2D eigenvalue weighted by atomic mass is 9.95. The highest BCUT2D eigenvalue weighted by Gasteiger charge is 2.40. The number of nitrogens with one attached hydrogen (secondary N) is 1. The van der Waals surface area contributed by atoms with Crippen LogP contribution >= 0.6 is 0 Å². The van der Waals surface area contributed by atoms with E-state index in [2.05, 4.69) is 15.4 Å². The molecule has 1 aromatic carbocycles. The first kappa shape index (κ1) is 13.5. The molecule has 0 saturated heterocycles. The Bertz CT molecular complexity index is 708. The summed E-state index contributed by atoms with van der Waals surface area (Å²) < 4.78 is 1.67. The maximum atomic E-state index is 12.4. The molecular weight excluding hydrogens is 276 g/mol. The van der Waals surface area contributed by atoms with Gasteiger partial charge in [0.2, 0.25) is 5.82 Å². The minimum atomic E-state index is -0.148. The van der Waals surface area contributed by atoms with Gasteiger partial charge < -0.3 is 5.32 Å². The van der Waals surface area contributed by atoms with Crippen molar-refractivity contribution in [3.05, 3.63) is 42.0 Å². The average Bonchev–Trinajstić information content (AvgIpc) is 3.24. The van der Waals surface area contributed by atoms with Crippen molar-refractivity contribution >= 4 is 5.91 Å². The number of para-hydroxylation sites is 1. The van der Waals surface area contributed by atoms with Gasteiger partial charge >= 0.3 is 0 Å². The van der Waals surface area contributed by atoms with Gasteiger partial charge in [0.1, 0.15) is 6.33 Å². The van der Waals surface area contributed by atoms with Crippen LogP contribution in [0.15, 0.2) is 30.6 Å². The van der Waals surface area contributed by atoms with Crippen molar-refractivity contribution < 1.29 is 4.79 Å². The van der Waals surface area contributed by atoms with Crippen LogP contribution in [-0.2, 0) is 0 Å². The van der Waals surface area contributed by atoms with Gasteiger partial charge in [-0.25, -0.2) is 9.67 Å². The lowest BCUT2D eigenvalue weighted by Crippen LogP contribution is -2.39. The number of rotatable bonds is 3. The highest BCUT2D eigenvalue weighted by molar-refractivity contribution is 5.90. The Morgan fingerprint density at radius 1 is 1.27 bits per heavy atom. The van der Waals surface area contributed by atoms with Crippen LogP contribution < -0.4 is 5.32 Å². The van der Waals surface area contributed by atoms with E-state index in [-0.39, 0.29) is 11.7 Å². The molecule has 114 valence electrons. The molecule has 5 nitrogen and oxygen atoms in total.